The first-order valence-electron chi connectivity index (χ1n) is 13.3. The number of aromatic nitrogens is 8. The van der Waals surface area contributed by atoms with Gasteiger partial charge in [-0.15, -0.1) is 10.2 Å². The molecule has 6 rings (SSSR count). The zero-order valence-electron chi connectivity index (χ0n) is 23.1. The Hall–Kier alpha value is -5.43. The Balaban J connectivity index is 1.39. The molecule has 0 unspecified atom stereocenters. The Labute approximate surface area is 239 Å². The minimum atomic E-state index is -0.479. The number of benzene rings is 1. The summed E-state index contributed by atoms with van der Waals surface area (Å²) in [4.78, 5) is 30.7. The van der Waals surface area contributed by atoms with Crippen molar-refractivity contribution in [1.29, 1.82) is 0 Å². The quantitative estimate of drug-likeness (QED) is 0.232. The topological polar surface area (TPSA) is 162 Å². The second-order valence-electron chi connectivity index (χ2n) is 9.86. The van der Waals surface area contributed by atoms with Gasteiger partial charge in [0.1, 0.15) is 11.6 Å². The summed E-state index contributed by atoms with van der Waals surface area (Å²) in [7, 11) is 1.72. The van der Waals surface area contributed by atoms with Gasteiger partial charge in [0.05, 0.1) is 29.2 Å². The zero-order valence-corrected chi connectivity index (χ0v) is 23.1. The van der Waals surface area contributed by atoms with Crippen molar-refractivity contribution in [3.05, 3.63) is 89.1 Å². The van der Waals surface area contributed by atoms with Gasteiger partial charge in [0.25, 0.3) is 11.4 Å². The van der Waals surface area contributed by atoms with E-state index in [9.17, 15) is 9.90 Å². The normalized spacial score (nSPS) is 12.1. The lowest BCUT2D eigenvalue weighted by Gasteiger charge is -2.19. The lowest BCUT2D eigenvalue weighted by atomic mass is 10.1. The fourth-order valence-corrected chi connectivity index (χ4v) is 4.71. The molecule has 0 saturated heterocycles. The van der Waals surface area contributed by atoms with Crippen molar-refractivity contribution in [3.8, 4) is 22.9 Å². The number of aliphatic hydroxyl groups excluding tert-OH is 1. The summed E-state index contributed by atoms with van der Waals surface area (Å²) in [6.45, 7) is 3.78. The van der Waals surface area contributed by atoms with Crippen LogP contribution < -0.4 is 16.2 Å². The first kappa shape index (κ1) is 26.8. The first-order valence-corrected chi connectivity index (χ1v) is 13.3. The van der Waals surface area contributed by atoms with Gasteiger partial charge in [0.2, 0.25) is 11.8 Å². The third kappa shape index (κ3) is 5.08. The molecule has 1 aromatic carbocycles. The van der Waals surface area contributed by atoms with Crippen LogP contribution in [0.1, 0.15) is 31.5 Å². The van der Waals surface area contributed by atoms with Crippen LogP contribution >= 0.6 is 0 Å². The summed E-state index contributed by atoms with van der Waals surface area (Å²) in [5.41, 5.74) is 2.41. The highest BCUT2D eigenvalue weighted by molar-refractivity contribution is 5.78. The maximum Gasteiger partial charge on any atom is 0.275 e. The predicted octanol–water partition coefficient (Wildman–Crippen LogP) is 4.11. The van der Waals surface area contributed by atoms with E-state index in [0.29, 0.717) is 39.7 Å². The highest BCUT2D eigenvalue weighted by Crippen LogP contribution is 2.31. The van der Waals surface area contributed by atoms with Gasteiger partial charge in [-0.05, 0) is 43.7 Å². The number of nitrogens with one attached hydrogen (secondary N) is 2. The molecular weight excluding hydrogens is 536 g/mol. The molecule has 5 heterocycles. The standard InChI is InChI=1S/C29H28N10O3/c1-17(2)39-25-20(28(41)38(39)3)11-12-23(33-25)34-29-31-15-21(27-37-36-26(42-27)19-10-7-13-30-14-19)24(35-29)32-22(16-40)18-8-5-4-6-9-18/h4-15,17,22,40H,16H2,1-3H3,(H2,31,32,33,34,35)/t22-/m1/s1. The highest BCUT2D eigenvalue weighted by atomic mass is 16.4. The summed E-state index contributed by atoms with van der Waals surface area (Å²) >= 11 is 0. The van der Waals surface area contributed by atoms with Crippen LogP contribution in [0.25, 0.3) is 33.9 Å². The van der Waals surface area contributed by atoms with Crippen LogP contribution in [0.5, 0.6) is 0 Å². The van der Waals surface area contributed by atoms with Gasteiger partial charge in [-0.25, -0.2) is 9.97 Å². The average molecular weight is 565 g/mol. The molecule has 0 fully saturated rings. The van der Waals surface area contributed by atoms with Crippen LogP contribution in [0, 0.1) is 0 Å². The highest BCUT2D eigenvalue weighted by Gasteiger charge is 2.21. The van der Waals surface area contributed by atoms with Gasteiger partial charge in [0.15, 0.2) is 5.65 Å². The minimum absolute atomic E-state index is 0.0219. The number of fused-ring (bicyclic) bond motifs is 1. The third-order valence-electron chi connectivity index (χ3n) is 6.72. The van der Waals surface area contributed by atoms with E-state index in [1.54, 1.807) is 48.5 Å². The molecule has 0 radical (unpaired) electrons. The molecule has 212 valence electrons. The fourth-order valence-electron chi connectivity index (χ4n) is 4.71. The zero-order chi connectivity index (χ0) is 29.2. The Morgan fingerprint density at radius 3 is 2.52 bits per heavy atom. The van der Waals surface area contributed by atoms with Crippen molar-refractivity contribution in [2.24, 2.45) is 7.05 Å². The number of nitrogens with zero attached hydrogens (tertiary/aromatic N) is 8. The monoisotopic (exact) mass is 564 g/mol. The SMILES string of the molecule is CC(C)n1c2nc(Nc3ncc(-c4nnc(-c5cccnc5)o4)c(N[C@H](CO)c4ccccc4)n3)ccc2c(=O)n1C. The molecule has 0 bridgehead atoms. The Bertz CT molecular complexity index is 1900. The number of hydrogen-bond donors (Lipinski definition) is 3. The lowest BCUT2D eigenvalue weighted by molar-refractivity contribution is 0.276. The number of pyridine rings is 2. The van der Waals surface area contributed by atoms with Crippen molar-refractivity contribution in [1.82, 2.24) is 39.5 Å². The van der Waals surface area contributed by atoms with Crippen LogP contribution in [0.3, 0.4) is 0 Å². The van der Waals surface area contributed by atoms with E-state index in [1.807, 2.05) is 54.9 Å². The van der Waals surface area contributed by atoms with Crippen LogP contribution in [-0.2, 0) is 7.05 Å². The molecule has 0 aliphatic carbocycles. The minimum Gasteiger partial charge on any atom is -0.416 e. The predicted molar refractivity (Wildman–Crippen MR) is 157 cm³/mol. The smallest absolute Gasteiger partial charge is 0.275 e. The van der Waals surface area contributed by atoms with Crippen molar-refractivity contribution < 1.29 is 9.52 Å². The Kier molecular flexibility index (Phi) is 7.15. The number of anilines is 3. The van der Waals surface area contributed by atoms with E-state index in [4.69, 9.17) is 9.40 Å². The van der Waals surface area contributed by atoms with E-state index >= 15 is 0 Å². The molecule has 0 spiro atoms. The second kappa shape index (κ2) is 11.2. The molecule has 6 aromatic rings. The Morgan fingerprint density at radius 1 is 0.976 bits per heavy atom. The van der Waals surface area contributed by atoms with Crippen molar-refractivity contribution >= 4 is 28.6 Å². The summed E-state index contributed by atoms with van der Waals surface area (Å²) < 4.78 is 9.35. The largest absolute Gasteiger partial charge is 0.416 e. The molecule has 5 aromatic heterocycles. The molecule has 3 N–H and O–H groups in total. The number of rotatable bonds is 9. The first-order chi connectivity index (χ1) is 20.4. The van der Waals surface area contributed by atoms with E-state index < -0.39 is 6.04 Å². The number of aliphatic hydroxyl groups is 1. The fraction of sp³-hybridized carbons (Fsp3) is 0.207. The molecule has 0 aliphatic rings. The van der Waals surface area contributed by atoms with Gasteiger partial charge in [-0.3, -0.25) is 19.1 Å². The maximum atomic E-state index is 12.7. The van der Waals surface area contributed by atoms with Gasteiger partial charge in [0, 0.05) is 31.7 Å². The van der Waals surface area contributed by atoms with Crippen LogP contribution in [-0.4, -0.2) is 51.2 Å². The molecule has 1 atom stereocenters. The van der Waals surface area contributed by atoms with E-state index in [0.717, 1.165) is 5.56 Å². The summed E-state index contributed by atoms with van der Waals surface area (Å²) in [6, 6.07) is 16.1. The van der Waals surface area contributed by atoms with Gasteiger partial charge in [-0.2, -0.15) is 4.98 Å². The molecular formula is C29H28N10O3. The maximum absolute atomic E-state index is 12.7. The second-order valence-corrected chi connectivity index (χ2v) is 9.86. The van der Waals surface area contributed by atoms with Crippen molar-refractivity contribution in [2.75, 3.05) is 17.2 Å². The number of hydrogen-bond acceptors (Lipinski definition) is 11. The van der Waals surface area contributed by atoms with Crippen LogP contribution in [0.4, 0.5) is 17.6 Å². The summed E-state index contributed by atoms with van der Waals surface area (Å²) in [6.07, 6.45) is 4.85. The van der Waals surface area contributed by atoms with Crippen molar-refractivity contribution in [2.45, 2.75) is 25.9 Å². The van der Waals surface area contributed by atoms with Gasteiger partial charge < -0.3 is 20.2 Å². The van der Waals surface area contributed by atoms with Crippen LogP contribution in [0.2, 0.25) is 0 Å². The third-order valence-corrected chi connectivity index (χ3v) is 6.72. The van der Waals surface area contributed by atoms with Gasteiger partial charge >= 0.3 is 0 Å². The average Bonchev–Trinajstić information content (AvgIpc) is 3.60. The lowest BCUT2D eigenvalue weighted by Crippen LogP contribution is -2.20. The summed E-state index contributed by atoms with van der Waals surface area (Å²) in [5.74, 6) is 1.54. The molecule has 0 amide bonds. The van der Waals surface area contributed by atoms with E-state index in [2.05, 4.69) is 35.8 Å². The van der Waals surface area contributed by atoms with Crippen LogP contribution in [0.15, 0.2) is 82.4 Å². The molecule has 42 heavy (non-hydrogen) atoms. The molecule has 0 saturated carbocycles. The van der Waals surface area contributed by atoms with E-state index in [-0.39, 0.29) is 30.0 Å². The molecule has 0 aliphatic heterocycles. The Morgan fingerprint density at radius 2 is 1.79 bits per heavy atom. The molecule has 13 nitrogen and oxygen atoms in total. The van der Waals surface area contributed by atoms with E-state index in [1.165, 1.54) is 0 Å². The summed E-state index contributed by atoms with van der Waals surface area (Å²) in [5, 5.41) is 25.6. The molecule has 13 heteroatoms. The van der Waals surface area contributed by atoms with Crippen molar-refractivity contribution in [3.63, 3.8) is 0 Å². The van der Waals surface area contributed by atoms with Gasteiger partial charge in [-0.1, -0.05) is 30.3 Å².